The molecule has 0 saturated carbocycles. The Morgan fingerprint density at radius 3 is 3.15 bits per heavy atom. The molecule has 1 aliphatic rings. The first-order valence-electron chi connectivity index (χ1n) is 3.91. The number of rotatable bonds is 3. The van der Waals surface area contributed by atoms with Gasteiger partial charge in [0.15, 0.2) is 0 Å². The molecule has 4 heteroatoms. The second-order valence-electron chi connectivity index (χ2n) is 2.52. The summed E-state index contributed by atoms with van der Waals surface area (Å²) < 4.78 is 0. The van der Waals surface area contributed by atoms with E-state index >= 15 is 0 Å². The Balaban J connectivity index is 2.86. The van der Waals surface area contributed by atoms with E-state index in [0.29, 0.717) is 18.7 Å². The summed E-state index contributed by atoms with van der Waals surface area (Å²) in [5.41, 5.74) is 0.608. The van der Waals surface area contributed by atoms with Gasteiger partial charge in [-0.05, 0) is 0 Å². The average Bonchev–Trinajstić information content (AvgIpc) is 2.15. The van der Waals surface area contributed by atoms with Crippen LogP contribution in [0.4, 0.5) is 0 Å². The van der Waals surface area contributed by atoms with Crippen LogP contribution in [0.1, 0.15) is 6.42 Å². The van der Waals surface area contributed by atoms with Crippen LogP contribution < -0.4 is 0 Å². The zero-order valence-corrected chi connectivity index (χ0v) is 7.14. The van der Waals surface area contributed by atoms with Crippen LogP contribution in [0.2, 0.25) is 0 Å². The van der Waals surface area contributed by atoms with Gasteiger partial charge >= 0.3 is 0 Å². The third kappa shape index (κ3) is 2.37. The van der Waals surface area contributed by atoms with Crippen molar-refractivity contribution in [2.24, 2.45) is 4.99 Å². The van der Waals surface area contributed by atoms with E-state index in [1.54, 1.807) is 12.2 Å². The molecule has 68 valence electrons. The molecule has 0 aromatic heterocycles. The van der Waals surface area contributed by atoms with Crippen LogP contribution in [-0.4, -0.2) is 17.2 Å². The Hall–Kier alpha value is -1.71. The maximum atomic E-state index is 10.5. The molecular formula is C9H10N2O2. The van der Waals surface area contributed by atoms with Gasteiger partial charge in [-0.15, -0.1) is 6.58 Å². The van der Waals surface area contributed by atoms with Crippen molar-refractivity contribution < 1.29 is 4.92 Å². The van der Waals surface area contributed by atoms with E-state index in [1.807, 2.05) is 6.08 Å². The fourth-order valence-electron chi connectivity index (χ4n) is 1.03. The summed E-state index contributed by atoms with van der Waals surface area (Å²) in [5, 5.41) is 10.5. The van der Waals surface area contributed by atoms with Crippen LogP contribution in [0.25, 0.3) is 0 Å². The van der Waals surface area contributed by atoms with Gasteiger partial charge < -0.3 is 0 Å². The average molecular weight is 178 g/mol. The van der Waals surface area contributed by atoms with Gasteiger partial charge in [0.05, 0.1) is 11.5 Å². The summed E-state index contributed by atoms with van der Waals surface area (Å²) in [4.78, 5) is 14.2. The highest BCUT2D eigenvalue weighted by molar-refractivity contribution is 6.00. The maximum Gasteiger partial charge on any atom is 0.290 e. The predicted molar refractivity (Wildman–Crippen MR) is 51.3 cm³/mol. The molecule has 0 N–H and O–H groups in total. The summed E-state index contributed by atoms with van der Waals surface area (Å²) in [5.74, 6) is 0. The summed E-state index contributed by atoms with van der Waals surface area (Å²) in [6, 6.07) is 0. The lowest BCUT2D eigenvalue weighted by Gasteiger charge is -2.03. The fourth-order valence-corrected chi connectivity index (χ4v) is 1.03. The second kappa shape index (κ2) is 4.35. The largest absolute Gasteiger partial charge is 0.290 e. The molecule has 0 aromatic rings. The van der Waals surface area contributed by atoms with Gasteiger partial charge in [-0.3, -0.25) is 15.1 Å². The molecule has 4 nitrogen and oxygen atoms in total. The highest BCUT2D eigenvalue weighted by Crippen LogP contribution is 2.10. The Morgan fingerprint density at radius 1 is 1.77 bits per heavy atom. The molecule has 0 unspecified atom stereocenters. The van der Waals surface area contributed by atoms with E-state index in [1.165, 1.54) is 6.08 Å². The lowest BCUT2D eigenvalue weighted by molar-refractivity contribution is -0.415. The van der Waals surface area contributed by atoms with Crippen LogP contribution >= 0.6 is 0 Å². The van der Waals surface area contributed by atoms with Gasteiger partial charge in [0.2, 0.25) is 0 Å². The second-order valence-corrected chi connectivity index (χ2v) is 2.52. The number of hydrogen-bond donors (Lipinski definition) is 0. The molecule has 1 aliphatic carbocycles. The van der Waals surface area contributed by atoms with Crippen LogP contribution in [-0.2, 0) is 0 Å². The maximum absolute atomic E-state index is 10.5. The van der Waals surface area contributed by atoms with Gasteiger partial charge in [-0.2, -0.15) is 0 Å². The van der Waals surface area contributed by atoms with Crippen molar-refractivity contribution in [3.63, 3.8) is 0 Å². The number of allylic oxidation sites excluding steroid dienone is 4. The highest BCUT2D eigenvalue weighted by atomic mass is 16.6. The standard InChI is InChI=1S/C9H10N2O2/c1-2-7-10-8-5-3-4-6-9(8)11(12)13/h2-4,6H,1,5,7H2. The number of nitrogens with zero attached hydrogens (tertiary/aromatic N) is 2. The van der Waals surface area contributed by atoms with Crippen LogP contribution in [0.15, 0.2) is 41.6 Å². The summed E-state index contributed by atoms with van der Waals surface area (Å²) in [6.07, 6.45) is 7.12. The monoisotopic (exact) mass is 178 g/mol. The van der Waals surface area contributed by atoms with E-state index in [9.17, 15) is 10.1 Å². The van der Waals surface area contributed by atoms with Crippen LogP contribution in [0.5, 0.6) is 0 Å². The molecule has 0 saturated heterocycles. The minimum atomic E-state index is -0.411. The molecule has 0 amide bonds. The molecule has 0 aliphatic heterocycles. The van der Waals surface area contributed by atoms with Crippen molar-refractivity contribution >= 4 is 5.71 Å². The van der Waals surface area contributed by atoms with Gasteiger partial charge in [0.1, 0.15) is 5.71 Å². The summed E-state index contributed by atoms with van der Waals surface area (Å²) in [6.45, 7) is 3.93. The van der Waals surface area contributed by atoms with Crippen molar-refractivity contribution in [3.8, 4) is 0 Å². The molecule has 0 bridgehead atoms. The van der Waals surface area contributed by atoms with E-state index in [-0.39, 0.29) is 5.70 Å². The normalized spacial score (nSPS) is 18.5. The van der Waals surface area contributed by atoms with Crippen molar-refractivity contribution in [1.29, 1.82) is 0 Å². The van der Waals surface area contributed by atoms with E-state index in [2.05, 4.69) is 11.6 Å². The SMILES string of the molecule is C=CCN=C1CC=CC=C1[N+](=O)[O-]. The van der Waals surface area contributed by atoms with Gasteiger partial charge in [-0.25, -0.2) is 0 Å². The molecule has 0 fully saturated rings. The van der Waals surface area contributed by atoms with Crippen LogP contribution in [0, 0.1) is 10.1 Å². The van der Waals surface area contributed by atoms with Gasteiger partial charge in [0.25, 0.3) is 5.70 Å². The van der Waals surface area contributed by atoms with E-state index in [4.69, 9.17) is 0 Å². The minimum absolute atomic E-state index is 0.0874. The van der Waals surface area contributed by atoms with Gasteiger partial charge in [-0.1, -0.05) is 18.2 Å². The van der Waals surface area contributed by atoms with Crippen LogP contribution in [0.3, 0.4) is 0 Å². The Labute approximate surface area is 76.1 Å². The van der Waals surface area contributed by atoms with Crippen molar-refractivity contribution in [2.75, 3.05) is 6.54 Å². The third-order valence-corrected chi connectivity index (χ3v) is 1.60. The predicted octanol–water partition coefficient (Wildman–Crippen LogP) is 1.73. The lowest BCUT2D eigenvalue weighted by Crippen LogP contribution is -2.13. The highest BCUT2D eigenvalue weighted by Gasteiger charge is 2.18. The summed E-state index contributed by atoms with van der Waals surface area (Å²) in [7, 11) is 0. The first-order chi connectivity index (χ1) is 6.25. The first-order valence-corrected chi connectivity index (χ1v) is 3.91. The lowest BCUT2D eigenvalue weighted by atomic mass is 10.1. The van der Waals surface area contributed by atoms with Crippen molar-refractivity contribution in [3.05, 3.63) is 46.7 Å². The number of aliphatic imine (C=N–C) groups is 1. The van der Waals surface area contributed by atoms with E-state index < -0.39 is 4.92 Å². The molecule has 13 heavy (non-hydrogen) atoms. The molecule has 0 radical (unpaired) electrons. The zero-order chi connectivity index (χ0) is 9.68. The molecular weight excluding hydrogens is 168 g/mol. The Kier molecular flexibility index (Phi) is 3.14. The Bertz CT molecular complexity index is 314. The Morgan fingerprint density at radius 2 is 2.54 bits per heavy atom. The van der Waals surface area contributed by atoms with Gasteiger partial charge in [0, 0.05) is 12.5 Å². The molecule has 0 aromatic carbocycles. The van der Waals surface area contributed by atoms with E-state index in [0.717, 1.165) is 0 Å². The zero-order valence-electron chi connectivity index (χ0n) is 7.14. The molecule has 0 spiro atoms. The summed E-state index contributed by atoms with van der Waals surface area (Å²) >= 11 is 0. The molecule has 0 atom stereocenters. The van der Waals surface area contributed by atoms with Crippen molar-refractivity contribution in [1.82, 2.24) is 0 Å². The molecule has 0 heterocycles. The fraction of sp³-hybridized carbons (Fsp3) is 0.222. The topological polar surface area (TPSA) is 55.5 Å². The quantitative estimate of drug-likeness (QED) is 0.375. The smallest absolute Gasteiger partial charge is 0.278 e. The first kappa shape index (κ1) is 9.38. The minimum Gasteiger partial charge on any atom is -0.278 e. The van der Waals surface area contributed by atoms with Crippen molar-refractivity contribution in [2.45, 2.75) is 6.42 Å². The number of nitro groups is 1. The number of hydrogen-bond acceptors (Lipinski definition) is 3. The third-order valence-electron chi connectivity index (χ3n) is 1.60. The molecule has 1 rings (SSSR count).